The fraction of sp³-hybridized carbons (Fsp3) is 0.400. The van der Waals surface area contributed by atoms with E-state index in [9.17, 15) is 4.79 Å². The molecule has 0 radical (unpaired) electrons. The van der Waals surface area contributed by atoms with Crippen molar-refractivity contribution in [1.82, 2.24) is 19.8 Å². The molecular formula is C20H22N6O. The van der Waals surface area contributed by atoms with Crippen LogP contribution in [0.1, 0.15) is 36.6 Å². The minimum atomic E-state index is 0.126. The van der Waals surface area contributed by atoms with E-state index >= 15 is 0 Å². The number of carbonyl (C=O) groups is 1. The summed E-state index contributed by atoms with van der Waals surface area (Å²) in [5, 5.41) is 12.2. The number of rotatable bonds is 2. The number of anilines is 2. The summed E-state index contributed by atoms with van der Waals surface area (Å²) >= 11 is 0. The Morgan fingerprint density at radius 3 is 3.04 bits per heavy atom. The van der Waals surface area contributed by atoms with Gasteiger partial charge in [-0.15, -0.1) is 0 Å². The summed E-state index contributed by atoms with van der Waals surface area (Å²) in [5.41, 5.74) is 3.34. The molecule has 1 atom stereocenters. The van der Waals surface area contributed by atoms with Crippen LogP contribution in [0.25, 0.3) is 0 Å². The molecule has 0 bridgehead atoms. The molecule has 1 unspecified atom stereocenters. The molecule has 27 heavy (non-hydrogen) atoms. The highest BCUT2D eigenvalue weighted by molar-refractivity contribution is 5.75. The molecule has 1 aromatic carbocycles. The quantitative estimate of drug-likeness (QED) is 0.887. The van der Waals surface area contributed by atoms with Gasteiger partial charge in [0.1, 0.15) is 0 Å². The summed E-state index contributed by atoms with van der Waals surface area (Å²) in [6.07, 6.45) is 4.69. The summed E-state index contributed by atoms with van der Waals surface area (Å²) in [5.74, 6) is 0.511. The summed E-state index contributed by atoms with van der Waals surface area (Å²) < 4.78 is 0. The van der Waals surface area contributed by atoms with Crippen molar-refractivity contribution in [3.8, 4) is 6.07 Å². The Morgan fingerprint density at radius 1 is 1.37 bits per heavy atom. The van der Waals surface area contributed by atoms with Gasteiger partial charge in [-0.2, -0.15) is 5.26 Å². The number of amides is 2. The maximum atomic E-state index is 12.8. The smallest absolute Gasteiger partial charge is 0.320 e. The van der Waals surface area contributed by atoms with Crippen LogP contribution in [-0.2, 0) is 13.0 Å². The lowest BCUT2D eigenvalue weighted by Gasteiger charge is -2.33. The SMILES string of the molecule is CC1CCCN1C(=O)N1CCc2nc(Nc3cccc(C#N)c3)ncc2C1. The van der Waals surface area contributed by atoms with E-state index in [2.05, 4.69) is 28.3 Å². The molecule has 2 aromatic rings. The third-order valence-corrected chi connectivity index (χ3v) is 5.25. The molecule has 0 saturated carbocycles. The number of nitrogens with one attached hydrogen (secondary N) is 1. The molecule has 0 spiro atoms. The Hall–Kier alpha value is -3.14. The van der Waals surface area contributed by atoms with E-state index in [4.69, 9.17) is 5.26 Å². The Bertz CT molecular complexity index is 906. The highest BCUT2D eigenvalue weighted by atomic mass is 16.2. The largest absolute Gasteiger partial charge is 0.324 e. The molecular weight excluding hydrogens is 340 g/mol. The maximum Gasteiger partial charge on any atom is 0.320 e. The summed E-state index contributed by atoms with van der Waals surface area (Å²) in [6.45, 7) is 4.20. The van der Waals surface area contributed by atoms with Gasteiger partial charge in [0, 0.05) is 43.0 Å². The molecule has 1 saturated heterocycles. The van der Waals surface area contributed by atoms with Crippen LogP contribution in [0.4, 0.5) is 16.4 Å². The highest BCUT2D eigenvalue weighted by Gasteiger charge is 2.31. The lowest BCUT2D eigenvalue weighted by Crippen LogP contribution is -2.46. The monoisotopic (exact) mass is 362 g/mol. The van der Waals surface area contributed by atoms with Gasteiger partial charge >= 0.3 is 6.03 Å². The summed E-state index contributed by atoms with van der Waals surface area (Å²) in [7, 11) is 0. The van der Waals surface area contributed by atoms with Gasteiger partial charge in [-0.3, -0.25) is 0 Å². The fourth-order valence-electron chi connectivity index (χ4n) is 3.73. The van der Waals surface area contributed by atoms with E-state index in [0.29, 0.717) is 30.6 Å². The van der Waals surface area contributed by atoms with Crippen molar-refractivity contribution < 1.29 is 4.79 Å². The number of nitrogens with zero attached hydrogens (tertiary/aromatic N) is 5. The van der Waals surface area contributed by atoms with Gasteiger partial charge in [-0.05, 0) is 38.0 Å². The molecule has 1 N–H and O–H groups in total. The van der Waals surface area contributed by atoms with Crippen LogP contribution in [-0.4, -0.2) is 44.9 Å². The molecule has 1 fully saturated rings. The predicted molar refractivity (Wildman–Crippen MR) is 101 cm³/mol. The number of hydrogen-bond donors (Lipinski definition) is 1. The van der Waals surface area contributed by atoms with Gasteiger partial charge in [0.25, 0.3) is 0 Å². The molecule has 0 aliphatic carbocycles. The first kappa shape index (κ1) is 17.3. The standard InChI is InChI=1S/C20H22N6O/c1-14-4-3-8-26(14)20(27)25-9-7-18-16(13-25)12-22-19(24-18)23-17-6-2-5-15(10-17)11-21/h2,5-6,10,12,14H,3-4,7-9,13H2,1H3,(H,22,23,24). The van der Waals surface area contributed by atoms with Crippen LogP contribution < -0.4 is 5.32 Å². The first-order valence-corrected chi connectivity index (χ1v) is 9.31. The molecule has 7 nitrogen and oxygen atoms in total. The zero-order valence-electron chi connectivity index (χ0n) is 15.4. The van der Waals surface area contributed by atoms with Crippen molar-refractivity contribution in [2.45, 2.75) is 38.8 Å². The first-order chi connectivity index (χ1) is 13.1. The van der Waals surface area contributed by atoms with Gasteiger partial charge in [-0.25, -0.2) is 14.8 Å². The second-order valence-corrected chi connectivity index (χ2v) is 7.12. The third-order valence-electron chi connectivity index (χ3n) is 5.25. The molecule has 2 aliphatic heterocycles. The number of carbonyl (C=O) groups excluding carboxylic acids is 1. The highest BCUT2D eigenvalue weighted by Crippen LogP contribution is 2.24. The Balaban J connectivity index is 1.46. The number of nitriles is 1. The molecule has 3 heterocycles. The minimum Gasteiger partial charge on any atom is -0.324 e. The average molecular weight is 362 g/mol. The van der Waals surface area contributed by atoms with Gasteiger partial charge in [0.2, 0.25) is 5.95 Å². The van der Waals surface area contributed by atoms with Crippen molar-refractivity contribution in [2.24, 2.45) is 0 Å². The molecule has 1 aromatic heterocycles. The van der Waals surface area contributed by atoms with Crippen LogP contribution in [0.3, 0.4) is 0 Å². The second kappa shape index (κ2) is 7.23. The normalized spacial score (nSPS) is 18.7. The number of urea groups is 1. The van der Waals surface area contributed by atoms with Crippen LogP contribution in [0.2, 0.25) is 0 Å². The molecule has 138 valence electrons. The van der Waals surface area contributed by atoms with E-state index in [0.717, 1.165) is 42.8 Å². The number of benzene rings is 1. The van der Waals surface area contributed by atoms with Crippen molar-refractivity contribution in [2.75, 3.05) is 18.4 Å². The predicted octanol–water partition coefficient (Wildman–Crippen LogP) is 3.05. The molecule has 2 amide bonds. The zero-order chi connectivity index (χ0) is 18.8. The average Bonchev–Trinajstić information content (AvgIpc) is 3.13. The Morgan fingerprint density at radius 2 is 2.26 bits per heavy atom. The van der Waals surface area contributed by atoms with Gasteiger partial charge in [0.05, 0.1) is 23.9 Å². The minimum absolute atomic E-state index is 0.126. The Labute approximate surface area is 158 Å². The lowest BCUT2D eigenvalue weighted by molar-refractivity contribution is 0.145. The second-order valence-electron chi connectivity index (χ2n) is 7.12. The van der Waals surface area contributed by atoms with Gasteiger partial charge in [-0.1, -0.05) is 6.07 Å². The number of likely N-dealkylation sites (tertiary alicyclic amines) is 1. The first-order valence-electron chi connectivity index (χ1n) is 9.31. The van der Waals surface area contributed by atoms with E-state index in [1.807, 2.05) is 21.9 Å². The van der Waals surface area contributed by atoms with Gasteiger partial charge in [0.15, 0.2) is 0 Å². The van der Waals surface area contributed by atoms with Crippen LogP contribution >= 0.6 is 0 Å². The fourth-order valence-corrected chi connectivity index (χ4v) is 3.73. The lowest BCUT2D eigenvalue weighted by atomic mass is 10.1. The maximum absolute atomic E-state index is 12.8. The Kier molecular flexibility index (Phi) is 4.63. The van der Waals surface area contributed by atoms with E-state index < -0.39 is 0 Å². The van der Waals surface area contributed by atoms with Crippen molar-refractivity contribution in [3.05, 3.63) is 47.3 Å². The van der Waals surface area contributed by atoms with Crippen LogP contribution in [0, 0.1) is 11.3 Å². The third kappa shape index (κ3) is 3.56. The molecule has 7 heteroatoms. The zero-order valence-corrected chi connectivity index (χ0v) is 15.4. The molecule has 4 rings (SSSR count). The number of aromatic nitrogens is 2. The number of fused-ring (bicyclic) bond motifs is 1. The van der Waals surface area contributed by atoms with E-state index in [-0.39, 0.29) is 6.03 Å². The van der Waals surface area contributed by atoms with E-state index in [1.165, 1.54) is 0 Å². The topological polar surface area (TPSA) is 85.2 Å². The van der Waals surface area contributed by atoms with Gasteiger partial charge < -0.3 is 15.1 Å². The summed E-state index contributed by atoms with van der Waals surface area (Å²) in [4.78, 5) is 25.6. The molecule has 2 aliphatic rings. The van der Waals surface area contributed by atoms with Crippen LogP contribution in [0.15, 0.2) is 30.5 Å². The van der Waals surface area contributed by atoms with E-state index in [1.54, 1.807) is 18.3 Å². The van der Waals surface area contributed by atoms with Crippen molar-refractivity contribution >= 4 is 17.7 Å². The van der Waals surface area contributed by atoms with Crippen molar-refractivity contribution in [1.29, 1.82) is 5.26 Å². The number of hydrogen-bond acceptors (Lipinski definition) is 5. The van der Waals surface area contributed by atoms with Crippen molar-refractivity contribution in [3.63, 3.8) is 0 Å². The van der Waals surface area contributed by atoms with Crippen LogP contribution in [0.5, 0.6) is 0 Å². The summed E-state index contributed by atoms with van der Waals surface area (Å²) in [6, 6.07) is 9.79.